The number of hydrogen-bond acceptors (Lipinski definition) is 4. The highest BCUT2D eigenvalue weighted by molar-refractivity contribution is 5.83. The van der Waals surface area contributed by atoms with E-state index in [1.54, 1.807) is 7.11 Å². The summed E-state index contributed by atoms with van der Waals surface area (Å²) in [5, 5.41) is 6.47. The van der Waals surface area contributed by atoms with Gasteiger partial charge in [0.1, 0.15) is 0 Å². The summed E-state index contributed by atoms with van der Waals surface area (Å²) in [5.74, 6) is 0.110. The zero-order chi connectivity index (χ0) is 20.1. The molecule has 0 saturated carbocycles. The normalized spacial score (nSPS) is 17.8. The van der Waals surface area contributed by atoms with Gasteiger partial charge in [-0.05, 0) is 55.1 Å². The van der Waals surface area contributed by atoms with Crippen LogP contribution in [0.1, 0.15) is 29.5 Å². The van der Waals surface area contributed by atoms with E-state index in [9.17, 15) is 4.79 Å². The summed E-state index contributed by atoms with van der Waals surface area (Å²) in [7, 11) is 1.68. The van der Waals surface area contributed by atoms with Crippen molar-refractivity contribution in [2.75, 3.05) is 38.3 Å². The van der Waals surface area contributed by atoms with Crippen molar-refractivity contribution in [1.82, 2.24) is 10.6 Å². The molecule has 29 heavy (non-hydrogen) atoms. The number of nitrogens with one attached hydrogen (secondary N) is 2. The Labute approximate surface area is 173 Å². The van der Waals surface area contributed by atoms with Crippen LogP contribution in [0, 0.1) is 5.41 Å². The number of para-hydroxylation sites is 1. The molecule has 5 heteroatoms. The molecule has 4 rings (SSSR count). The standard InChI is InChI=1S/C24H31N3O2/c1-29-18-24(11-13-25-14-12-24)23(28)26-16-19-6-8-20(9-7-19)17-27-15-10-21-4-2-3-5-22(21)27/h2-9,25H,10-18H2,1H3,(H,26,28). The molecule has 5 nitrogen and oxygen atoms in total. The van der Waals surface area contributed by atoms with Crippen LogP contribution in [0.4, 0.5) is 5.69 Å². The Morgan fingerprint density at radius 3 is 2.59 bits per heavy atom. The number of amides is 1. The van der Waals surface area contributed by atoms with Crippen molar-refractivity contribution >= 4 is 11.6 Å². The first-order chi connectivity index (χ1) is 14.2. The third-order valence-electron chi connectivity index (χ3n) is 6.30. The van der Waals surface area contributed by atoms with Crippen molar-refractivity contribution in [2.45, 2.75) is 32.4 Å². The Morgan fingerprint density at radius 2 is 1.83 bits per heavy atom. The van der Waals surface area contributed by atoms with Gasteiger partial charge in [0.05, 0.1) is 12.0 Å². The Morgan fingerprint density at radius 1 is 1.10 bits per heavy atom. The summed E-state index contributed by atoms with van der Waals surface area (Å²) in [5.41, 5.74) is 4.82. The zero-order valence-corrected chi connectivity index (χ0v) is 17.2. The van der Waals surface area contributed by atoms with Gasteiger partial charge in [0.2, 0.25) is 5.91 Å². The minimum absolute atomic E-state index is 0.110. The molecule has 1 fully saturated rings. The van der Waals surface area contributed by atoms with Crippen LogP contribution in [0.2, 0.25) is 0 Å². The number of nitrogens with zero attached hydrogens (tertiary/aromatic N) is 1. The van der Waals surface area contributed by atoms with Crippen LogP contribution in [-0.4, -0.2) is 39.3 Å². The fourth-order valence-electron chi connectivity index (χ4n) is 4.54. The molecule has 0 aliphatic carbocycles. The first-order valence-electron chi connectivity index (χ1n) is 10.6. The first kappa shape index (κ1) is 19.9. The molecule has 1 saturated heterocycles. The fourth-order valence-corrected chi connectivity index (χ4v) is 4.54. The van der Waals surface area contributed by atoms with Gasteiger partial charge in [-0.1, -0.05) is 42.5 Å². The van der Waals surface area contributed by atoms with Crippen LogP contribution < -0.4 is 15.5 Å². The maximum atomic E-state index is 12.9. The zero-order valence-electron chi connectivity index (χ0n) is 17.2. The average Bonchev–Trinajstić information content (AvgIpc) is 3.17. The van der Waals surface area contributed by atoms with Crippen molar-refractivity contribution in [2.24, 2.45) is 5.41 Å². The van der Waals surface area contributed by atoms with Gasteiger partial charge in [-0.15, -0.1) is 0 Å². The lowest BCUT2D eigenvalue weighted by atomic mass is 9.78. The summed E-state index contributed by atoms with van der Waals surface area (Å²) >= 11 is 0. The quantitative estimate of drug-likeness (QED) is 0.760. The molecule has 0 radical (unpaired) electrons. The second-order valence-corrected chi connectivity index (χ2v) is 8.26. The van der Waals surface area contributed by atoms with Gasteiger partial charge in [-0.25, -0.2) is 0 Å². The number of hydrogen-bond donors (Lipinski definition) is 2. The molecule has 0 aromatic heterocycles. The van der Waals surface area contributed by atoms with Crippen molar-refractivity contribution in [3.05, 3.63) is 65.2 Å². The third kappa shape index (κ3) is 4.46. The van der Waals surface area contributed by atoms with E-state index in [2.05, 4.69) is 64.1 Å². The molecule has 0 spiro atoms. The molecule has 2 aromatic rings. The predicted octanol–water partition coefficient (Wildman–Crippen LogP) is 2.88. The number of anilines is 1. The van der Waals surface area contributed by atoms with Gasteiger partial charge < -0.3 is 20.3 Å². The predicted molar refractivity (Wildman–Crippen MR) is 116 cm³/mol. The molecular formula is C24H31N3O2. The van der Waals surface area contributed by atoms with Crippen LogP contribution in [-0.2, 0) is 29.0 Å². The van der Waals surface area contributed by atoms with Gasteiger partial charge >= 0.3 is 0 Å². The Kier molecular flexibility index (Phi) is 6.16. The largest absolute Gasteiger partial charge is 0.384 e. The summed E-state index contributed by atoms with van der Waals surface area (Å²) in [6.07, 6.45) is 2.77. The van der Waals surface area contributed by atoms with E-state index in [-0.39, 0.29) is 5.91 Å². The third-order valence-corrected chi connectivity index (χ3v) is 6.30. The number of piperidine rings is 1. The van der Waals surface area contributed by atoms with Gasteiger partial charge in [0, 0.05) is 32.4 Å². The van der Waals surface area contributed by atoms with E-state index in [0.29, 0.717) is 13.2 Å². The number of methoxy groups -OCH3 is 1. The summed E-state index contributed by atoms with van der Waals surface area (Å²) in [6, 6.07) is 17.3. The minimum atomic E-state index is -0.400. The molecule has 2 aliphatic heterocycles. The molecule has 0 atom stereocenters. The summed E-state index contributed by atoms with van der Waals surface area (Å²) in [6.45, 7) is 4.78. The highest BCUT2D eigenvalue weighted by Gasteiger charge is 2.39. The maximum absolute atomic E-state index is 12.9. The first-order valence-corrected chi connectivity index (χ1v) is 10.6. The maximum Gasteiger partial charge on any atom is 0.228 e. The van der Waals surface area contributed by atoms with E-state index < -0.39 is 5.41 Å². The van der Waals surface area contributed by atoms with E-state index in [1.807, 2.05) is 0 Å². The number of ether oxygens (including phenoxy) is 1. The molecule has 154 valence electrons. The molecular weight excluding hydrogens is 362 g/mol. The Bertz CT molecular complexity index is 823. The lowest BCUT2D eigenvalue weighted by Gasteiger charge is -2.35. The fraction of sp³-hybridized carbons (Fsp3) is 0.458. The number of fused-ring (bicyclic) bond motifs is 1. The Balaban J connectivity index is 1.33. The molecule has 2 aromatic carbocycles. The molecule has 0 bridgehead atoms. The molecule has 2 N–H and O–H groups in total. The second kappa shape index (κ2) is 8.97. The molecule has 1 amide bonds. The van der Waals surface area contributed by atoms with Crippen molar-refractivity contribution in [3.8, 4) is 0 Å². The highest BCUT2D eigenvalue weighted by Crippen LogP contribution is 2.30. The second-order valence-electron chi connectivity index (χ2n) is 8.26. The average molecular weight is 394 g/mol. The topological polar surface area (TPSA) is 53.6 Å². The highest BCUT2D eigenvalue weighted by atomic mass is 16.5. The van der Waals surface area contributed by atoms with Crippen LogP contribution in [0.25, 0.3) is 0 Å². The monoisotopic (exact) mass is 393 g/mol. The van der Waals surface area contributed by atoms with Crippen molar-refractivity contribution in [3.63, 3.8) is 0 Å². The number of carbonyl (C=O) groups is 1. The van der Waals surface area contributed by atoms with Gasteiger partial charge in [0.15, 0.2) is 0 Å². The van der Waals surface area contributed by atoms with Gasteiger partial charge in [-0.3, -0.25) is 4.79 Å². The van der Waals surface area contributed by atoms with Crippen molar-refractivity contribution in [1.29, 1.82) is 0 Å². The lowest BCUT2D eigenvalue weighted by molar-refractivity contribution is -0.136. The van der Waals surface area contributed by atoms with Crippen LogP contribution in [0.15, 0.2) is 48.5 Å². The van der Waals surface area contributed by atoms with Crippen LogP contribution in [0.5, 0.6) is 0 Å². The smallest absolute Gasteiger partial charge is 0.228 e. The number of benzene rings is 2. The van der Waals surface area contributed by atoms with E-state index in [1.165, 1.54) is 16.8 Å². The number of carbonyl (C=O) groups excluding carboxylic acids is 1. The summed E-state index contributed by atoms with van der Waals surface area (Å²) < 4.78 is 5.37. The van der Waals surface area contributed by atoms with Crippen molar-refractivity contribution < 1.29 is 9.53 Å². The van der Waals surface area contributed by atoms with E-state index in [4.69, 9.17) is 4.74 Å². The summed E-state index contributed by atoms with van der Waals surface area (Å²) in [4.78, 5) is 15.3. The van der Waals surface area contributed by atoms with Crippen LogP contribution >= 0.6 is 0 Å². The molecule has 0 unspecified atom stereocenters. The molecule has 2 aliphatic rings. The van der Waals surface area contributed by atoms with E-state index >= 15 is 0 Å². The molecule has 2 heterocycles. The SMILES string of the molecule is COCC1(C(=O)NCc2ccc(CN3CCc4ccccc43)cc2)CCNCC1. The Hall–Kier alpha value is -2.37. The lowest BCUT2D eigenvalue weighted by Crippen LogP contribution is -2.49. The van der Waals surface area contributed by atoms with Gasteiger partial charge in [-0.2, -0.15) is 0 Å². The van der Waals surface area contributed by atoms with E-state index in [0.717, 1.165) is 51.0 Å². The van der Waals surface area contributed by atoms with Gasteiger partial charge in [0.25, 0.3) is 0 Å². The van der Waals surface area contributed by atoms with Crippen LogP contribution in [0.3, 0.4) is 0 Å². The minimum Gasteiger partial charge on any atom is -0.384 e. The number of rotatable bonds is 7.